The Labute approximate surface area is 98.5 Å². The van der Waals surface area contributed by atoms with E-state index in [9.17, 15) is 14.0 Å². The molecule has 0 radical (unpaired) electrons. The molecule has 2 amide bonds. The molecule has 1 aliphatic heterocycles. The smallest absolute Gasteiger partial charge is 0.258 e. The predicted octanol–water partition coefficient (Wildman–Crippen LogP) is 1.47. The van der Waals surface area contributed by atoms with Crippen LogP contribution in [0.5, 0.6) is 0 Å². The average molecular weight is 317 g/mol. The van der Waals surface area contributed by atoms with Gasteiger partial charge in [-0.1, -0.05) is 6.07 Å². The summed E-state index contributed by atoms with van der Waals surface area (Å²) in [6.45, 7) is 0. The highest BCUT2D eigenvalue weighted by molar-refractivity contribution is 14.1. The van der Waals surface area contributed by atoms with Crippen LogP contribution in [-0.4, -0.2) is 11.8 Å². The lowest BCUT2D eigenvalue weighted by molar-refractivity contribution is -0.123. The van der Waals surface area contributed by atoms with Crippen LogP contribution >= 0.6 is 22.6 Å². The first kappa shape index (κ1) is 10.3. The molecule has 0 saturated heterocycles. The van der Waals surface area contributed by atoms with Crippen molar-refractivity contribution in [2.45, 2.75) is 0 Å². The normalized spacial score (nSPS) is 15.2. The van der Waals surface area contributed by atoms with Crippen LogP contribution in [0.3, 0.4) is 0 Å². The Morgan fingerprint density at radius 2 is 2.00 bits per heavy atom. The first-order valence-electron chi connectivity index (χ1n) is 4.10. The Kier molecular flexibility index (Phi) is 2.56. The zero-order chi connectivity index (χ0) is 11.0. The standard InChI is InChI=1S/C10H5FINO2/c11-5-1-2-6(8(12)3-5)7-4-9(14)13-10(7)15/h1-4H,(H,13,14,15). The highest BCUT2D eigenvalue weighted by atomic mass is 127. The highest BCUT2D eigenvalue weighted by Gasteiger charge is 2.23. The molecule has 0 spiro atoms. The molecule has 3 nitrogen and oxygen atoms in total. The average Bonchev–Trinajstić information content (AvgIpc) is 2.45. The molecule has 5 heteroatoms. The number of carbonyl (C=O) groups excluding carboxylic acids is 2. The zero-order valence-electron chi connectivity index (χ0n) is 7.38. The van der Waals surface area contributed by atoms with Crippen molar-refractivity contribution < 1.29 is 14.0 Å². The first-order chi connectivity index (χ1) is 7.08. The molecule has 0 aromatic heterocycles. The molecule has 0 unspecified atom stereocenters. The van der Waals surface area contributed by atoms with Crippen LogP contribution in [0.2, 0.25) is 0 Å². The van der Waals surface area contributed by atoms with Crippen molar-refractivity contribution in [3.63, 3.8) is 0 Å². The second kappa shape index (κ2) is 3.73. The number of nitrogens with one attached hydrogen (secondary N) is 1. The fraction of sp³-hybridized carbons (Fsp3) is 0. The molecule has 2 rings (SSSR count). The van der Waals surface area contributed by atoms with Gasteiger partial charge in [-0.05, 0) is 34.7 Å². The van der Waals surface area contributed by atoms with E-state index in [2.05, 4.69) is 5.32 Å². The number of halogens is 2. The van der Waals surface area contributed by atoms with Crippen LogP contribution in [0, 0.1) is 9.39 Å². The van der Waals surface area contributed by atoms with Crippen LogP contribution in [0.1, 0.15) is 5.56 Å². The van der Waals surface area contributed by atoms with E-state index in [4.69, 9.17) is 0 Å². The van der Waals surface area contributed by atoms with E-state index in [-0.39, 0.29) is 11.4 Å². The van der Waals surface area contributed by atoms with Crippen molar-refractivity contribution >= 4 is 40.0 Å². The number of hydrogen-bond donors (Lipinski definition) is 1. The van der Waals surface area contributed by atoms with E-state index in [1.807, 2.05) is 22.6 Å². The SMILES string of the molecule is O=C1C=C(c2ccc(F)cc2I)C(=O)N1. The molecule has 76 valence electrons. The Balaban J connectivity index is 2.51. The van der Waals surface area contributed by atoms with Crippen molar-refractivity contribution in [3.8, 4) is 0 Å². The van der Waals surface area contributed by atoms with E-state index < -0.39 is 11.8 Å². The number of imide groups is 1. The lowest BCUT2D eigenvalue weighted by atomic mass is 10.1. The van der Waals surface area contributed by atoms with Gasteiger partial charge in [-0.2, -0.15) is 0 Å². The molecule has 0 bridgehead atoms. The molecule has 0 atom stereocenters. The fourth-order valence-corrected chi connectivity index (χ4v) is 2.09. The predicted molar refractivity (Wildman–Crippen MR) is 60.2 cm³/mol. The van der Waals surface area contributed by atoms with Gasteiger partial charge in [0.05, 0.1) is 5.57 Å². The van der Waals surface area contributed by atoms with Crippen molar-refractivity contribution in [1.29, 1.82) is 0 Å². The molecule has 1 heterocycles. The number of carbonyl (C=O) groups is 2. The summed E-state index contributed by atoms with van der Waals surface area (Å²) in [4.78, 5) is 22.3. The molecule has 1 aromatic carbocycles. The largest absolute Gasteiger partial charge is 0.289 e. The Bertz CT molecular complexity index is 496. The quantitative estimate of drug-likeness (QED) is 0.630. The first-order valence-corrected chi connectivity index (χ1v) is 5.18. The summed E-state index contributed by atoms with van der Waals surface area (Å²) in [7, 11) is 0. The van der Waals surface area contributed by atoms with Gasteiger partial charge in [-0.25, -0.2) is 4.39 Å². The summed E-state index contributed by atoms with van der Waals surface area (Å²) < 4.78 is 13.4. The summed E-state index contributed by atoms with van der Waals surface area (Å²) in [6, 6.07) is 4.06. The minimum atomic E-state index is -0.440. The van der Waals surface area contributed by atoms with Gasteiger partial charge in [-0.3, -0.25) is 14.9 Å². The van der Waals surface area contributed by atoms with Gasteiger partial charge in [0.15, 0.2) is 0 Å². The maximum atomic E-state index is 12.8. The van der Waals surface area contributed by atoms with Gasteiger partial charge in [0, 0.05) is 15.2 Å². The number of rotatable bonds is 1. The van der Waals surface area contributed by atoms with Gasteiger partial charge >= 0.3 is 0 Å². The summed E-state index contributed by atoms with van der Waals surface area (Å²) in [5, 5.41) is 2.14. The van der Waals surface area contributed by atoms with E-state index in [1.54, 1.807) is 0 Å². The lowest BCUT2D eigenvalue weighted by Gasteiger charge is -2.03. The lowest BCUT2D eigenvalue weighted by Crippen LogP contribution is -2.21. The molecule has 0 saturated carbocycles. The van der Waals surface area contributed by atoms with E-state index in [0.29, 0.717) is 9.13 Å². The van der Waals surface area contributed by atoms with E-state index in [1.165, 1.54) is 24.3 Å². The van der Waals surface area contributed by atoms with Gasteiger partial charge in [0.25, 0.3) is 11.8 Å². The summed E-state index contributed by atoms with van der Waals surface area (Å²) in [6.07, 6.45) is 1.22. The van der Waals surface area contributed by atoms with Gasteiger partial charge < -0.3 is 0 Å². The third-order valence-electron chi connectivity index (χ3n) is 1.98. The number of amides is 2. The maximum absolute atomic E-state index is 12.8. The third kappa shape index (κ3) is 1.92. The number of hydrogen-bond acceptors (Lipinski definition) is 2. The van der Waals surface area contributed by atoms with Crippen LogP contribution in [0.15, 0.2) is 24.3 Å². The van der Waals surface area contributed by atoms with Crippen molar-refractivity contribution in [3.05, 3.63) is 39.2 Å². The van der Waals surface area contributed by atoms with Gasteiger partial charge in [-0.15, -0.1) is 0 Å². The summed E-state index contributed by atoms with van der Waals surface area (Å²) >= 11 is 1.92. The van der Waals surface area contributed by atoms with Crippen LogP contribution in [0.25, 0.3) is 5.57 Å². The molecule has 1 N–H and O–H groups in total. The van der Waals surface area contributed by atoms with Crippen molar-refractivity contribution in [2.24, 2.45) is 0 Å². The maximum Gasteiger partial charge on any atom is 0.258 e. The van der Waals surface area contributed by atoms with E-state index in [0.717, 1.165) is 0 Å². The molecule has 15 heavy (non-hydrogen) atoms. The Hall–Kier alpha value is -1.24. The second-order valence-electron chi connectivity index (χ2n) is 3.00. The molecule has 0 aliphatic carbocycles. The summed E-state index contributed by atoms with van der Waals surface area (Å²) in [5.41, 5.74) is 0.852. The fourth-order valence-electron chi connectivity index (χ4n) is 1.32. The van der Waals surface area contributed by atoms with Crippen molar-refractivity contribution in [1.82, 2.24) is 5.32 Å². The van der Waals surface area contributed by atoms with E-state index >= 15 is 0 Å². The molecular formula is C10H5FINO2. The number of benzene rings is 1. The van der Waals surface area contributed by atoms with Crippen LogP contribution in [-0.2, 0) is 9.59 Å². The van der Waals surface area contributed by atoms with Gasteiger partial charge in [0.2, 0.25) is 0 Å². The molecule has 0 fully saturated rings. The molecule has 1 aromatic rings. The van der Waals surface area contributed by atoms with Crippen molar-refractivity contribution in [2.75, 3.05) is 0 Å². The zero-order valence-corrected chi connectivity index (χ0v) is 9.54. The molecular weight excluding hydrogens is 312 g/mol. The Morgan fingerprint density at radius 3 is 2.53 bits per heavy atom. The topological polar surface area (TPSA) is 46.2 Å². The van der Waals surface area contributed by atoms with Crippen LogP contribution < -0.4 is 5.32 Å². The van der Waals surface area contributed by atoms with Gasteiger partial charge in [0.1, 0.15) is 5.82 Å². The second-order valence-corrected chi connectivity index (χ2v) is 4.16. The highest BCUT2D eigenvalue weighted by Crippen LogP contribution is 2.24. The monoisotopic (exact) mass is 317 g/mol. The summed E-state index contributed by atoms with van der Waals surface area (Å²) in [5.74, 6) is -1.24. The third-order valence-corrected chi connectivity index (χ3v) is 2.87. The van der Waals surface area contributed by atoms with Crippen LogP contribution in [0.4, 0.5) is 4.39 Å². The minimum absolute atomic E-state index is 0.282. The molecule has 1 aliphatic rings. The Morgan fingerprint density at radius 1 is 1.27 bits per heavy atom. The minimum Gasteiger partial charge on any atom is -0.289 e.